The van der Waals surface area contributed by atoms with Gasteiger partial charge in [0.2, 0.25) is 0 Å². The molecule has 0 fully saturated rings. The molecule has 128 valence electrons. The Morgan fingerprint density at radius 3 is 2.71 bits per heavy atom. The highest BCUT2D eigenvalue weighted by Gasteiger charge is 2.13. The van der Waals surface area contributed by atoms with Crippen LogP contribution >= 0.6 is 0 Å². The van der Waals surface area contributed by atoms with Crippen molar-refractivity contribution in [2.24, 2.45) is 0 Å². The van der Waals surface area contributed by atoms with Crippen molar-refractivity contribution in [2.45, 2.75) is 25.8 Å². The number of alkyl halides is 2. The summed E-state index contributed by atoms with van der Waals surface area (Å²) in [7, 11) is 1.87. The fourth-order valence-electron chi connectivity index (χ4n) is 2.32. The summed E-state index contributed by atoms with van der Waals surface area (Å²) in [5.74, 6) is 2.58. The molecule has 0 radical (unpaired) electrons. The van der Waals surface area contributed by atoms with E-state index in [9.17, 15) is 13.9 Å². The first-order valence-corrected chi connectivity index (χ1v) is 7.34. The van der Waals surface area contributed by atoms with Crippen molar-refractivity contribution in [3.8, 4) is 18.1 Å². The molecule has 24 heavy (non-hydrogen) atoms. The number of aliphatic hydroxyl groups is 1. The molecule has 2 aromatic rings. The Morgan fingerprint density at radius 2 is 2.08 bits per heavy atom. The molecule has 0 saturated heterocycles. The van der Waals surface area contributed by atoms with Crippen LogP contribution in [-0.4, -0.2) is 40.0 Å². The predicted molar refractivity (Wildman–Crippen MR) is 85.4 cm³/mol. The second kappa shape index (κ2) is 8.43. The number of terminal acetylenes is 1. The van der Waals surface area contributed by atoms with Crippen molar-refractivity contribution in [2.75, 3.05) is 13.6 Å². The molecule has 5 nitrogen and oxygen atoms in total. The van der Waals surface area contributed by atoms with Crippen LogP contribution in [0.15, 0.2) is 36.7 Å². The van der Waals surface area contributed by atoms with Crippen molar-refractivity contribution < 1.29 is 18.6 Å². The maximum Gasteiger partial charge on any atom is 0.387 e. The van der Waals surface area contributed by atoms with E-state index in [1.165, 1.54) is 12.1 Å². The summed E-state index contributed by atoms with van der Waals surface area (Å²) in [5, 5.41) is 14.4. The molecule has 0 saturated carbocycles. The van der Waals surface area contributed by atoms with Gasteiger partial charge in [-0.3, -0.25) is 9.58 Å². The Labute approximate surface area is 139 Å². The van der Waals surface area contributed by atoms with Crippen LogP contribution in [0.25, 0.3) is 0 Å². The quantitative estimate of drug-likeness (QED) is 0.752. The molecule has 0 aliphatic rings. The summed E-state index contributed by atoms with van der Waals surface area (Å²) in [4.78, 5) is 1.94. The second-order valence-corrected chi connectivity index (χ2v) is 5.41. The molecule has 7 heteroatoms. The minimum atomic E-state index is -2.86. The van der Waals surface area contributed by atoms with E-state index >= 15 is 0 Å². The van der Waals surface area contributed by atoms with Gasteiger partial charge in [0.25, 0.3) is 0 Å². The van der Waals surface area contributed by atoms with Gasteiger partial charge in [0, 0.05) is 24.8 Å². The van der Waals surface area contributed by atoms with E-state index in [-0.39, 0.29) is 5.75 Å². The monoisotopic (exact) mass is 335 g/mol. The van der Waals surface area contributed by atoms with Gasteiger partial charge in [-0.15, -0.1) is 6.42 Å². The van der Waals surface area contributed by atoms with Crippen LogP contribution in [0.3, 0.4) is 0 Å². The first-order chi connectivity index (χ1) is 11.5. The summed E-state index contributed by atoms with van der Waals surface area (Å²) in [6.07, 6.45) is 8.09. The standard InChI is InChI=1S/C17H19F2N3O2/c1-3-8-22-11-13(9-20-22)10-21(2)12-16(23)14-4-6-15(7-5-14)24-17(18)19/h1,4-7,9,11,16-17,23H,8,10,12H2,2H3. The maximum absolute atomic E-state index is 12.1. The van der Waals surface area contributed by atoms with Gasteiger partial charge >= 0.3 is 6.61 Å². The fraction of sp³-hybridized carbons (Fsp3) is 0.353. The van der Waals surface area contributed by atoms with Gasteiger partial charge in [-0.25, -0.2) is 0 Å². The number of ether oxygens (including phenoxy) is 1. The van der Waals surface area contributed by atoms with Gasteiger partial charge in [-0.2, -0.15) is 13.9 Å². The van der Waals surface area contributed by atoms with Crippen LogP contribution in [0.2, 0.25) is 0 Å². The average Bonchev–Trinajstić information content (AvgIpc) is 2.94. The van der Waals surface area contributed by atoms with Crippen LogP contribution in [0, 0.1) is 12.3 Å². The Hall–Kier alpha value is -2.43. The van der Waals surface area contributed by atoms with Crippen LogP contribution in [0.5, 0.6) is 5.75 Å². The van der Waals surface area contributed by atoms with E-state index in [2.05, 4.69) is 15.8 Å². The Kier molecular flexibility index (Phi) is 6.29. The summed E-state index contributed by atoms with van der Waals surface area (Å²) in [5.41, 5.74) is 1.62. The normalized spacial score (nSPS) is 12.4. The number of aromatic nitrogens is 2. The molecule has 1 aromatic heterocycles. The number of hydrogen-bond donors (Lipinski definition) is 1. The predicted octanol–water partition coefficient (Wildman–Crippen LogP) is 2.28. The smallest absolute Gasteiger partial charge is 0.387 e. The molecule has 0 bridgehead atoms. The first-order valence-electron chi connectivity index (χ1n) is 7.34. The molecule has 1 heterocycles. The minimum absolute atomic E-state index is 0.0650. The zero-order valence-corrected chi connectivity index (χ0v) is 13.3. The highest BCUT2D eigenvalue weighted by Crippen LogP contribution is 2.20. The third-order valence-corrected chi connectivity index (χ3v) is 3.37. The topological polar surface area (TPSA) is 50.5 Å². The SMILES string of the molecule is C#CCn1cc(CN(C)CC(O)c2ccc(OC(F)F)cc2)cn1. The van der Waals surface area contributed by atoms with Crippen LogP contribution in [-0.2, 0) is 13.1 Å². The van der Waals surface area contributed by atoms with Crippen molar-refractivity contribution in [3.63, 3.8) is 0 Å². The van der Waals surface area contributed by atoms with Gasteiger partial charge in [-0.1, -0.05) is 18.1 Å². The van der Waals surface area contributed by atoms with Crippen LogP contribution in [0.1, 0.15) is 17.2 Å². The summed E-state index contributed by atoms with van der Waals surface area (Å²) < 4.78 is 30.2. The Morgan fingerprint density at radius 1 is 1.38 bits per heavy atom. The molecule has 0 amide bonds. The Bertz CT molecular complexity index is 680. The second-order valence-electron chi connectivity index (χ2n) is 5.41. The van der Waals surface area contributed by atoms with Crippen molar-refractivity contribution >= 4 is 0 Å². The zero-order chi connectivity index (χ0) is 17.5. The molecule has 1 unspecified atom stereocenters. The van der Waals surface area contributed by atoms with E-state index < -0.39 is 12.7 Å². The van der Waals surface area contributed by atoms with Gasteiger partial charge in [0.15, 0.2) is 0 Å². The molecule has 1 aromatic carbocycles. The number of halogens is 2. The van der Waals surface area contributed by atoms with Crippen molar-refractivity contribution in [1.82, 2.24) is 14.7 Å². The molecular formula is C17H19F2N3O2. The molecule has 1 atom stereocenters. The molecule has 0 aliphatic carbocycles. The number of hydrogen-bond acceptors (Lipinski definition) is 4. The van der Waals surface area contributed by atoms with E-state index in [0.29, 0.717) is 25.2 Å². The molecule has 1 N–H and O–H groups in total. The lowest BCUT2D eigenvalue weighted by atomic mass is 10.1. The Balaban J connectivity index is 1.88. The number of aliphatic hydroxyl groups excluding tert-OH is 1. The van der Waals surface area contributed by atoms with E-state index in [0.717, 1.165) is 5.56 Å². The van der Waals surface area contributed by atoms with Crippen molar-refractivity contribution in [3.05, 3.63) is 47.8 Å². The third kappa shape index (κ3) is 5.33. The molecule has 0 spiro atoms. The number of rotatable bonds is 8. The van der Waals surface area contributed by atoms with E-state index in [1.54, 1.807) is 23.0 Å². The lowest BCUT2D eigenvalue weighted by Gasteiger charge is -2.20. The number of nitrogens with zero attached hydrogens (tertiary/aromatic N) is 3. The summed E-state index contributed by atoms with van der Waals surface area (Å²) >= 11 is 0. The van der Waals surface area contributed by atoms with Gasteiger partial charge < -0.3 is 9.84 Å². The third-order valence-electron chi connectivity index (χ3n) is 3.37. The zero-order valence-electron chi connectivity index (χ0n) is 13.3. The fourth-order valence-corrected chi connectivity index (χ4v) is 2.32. The van der Waals surface area contributed by atoms with Crippen molar-refractivity contribution in [1.29, 1.82) is 0 Å². The molecule has 0 aliphatic heterocycles. The first kappa shape index (κ1) is 17.9. The lowest BCUT2D eigenvalue weighted by molar-refractivity contribution is -0.0498. The highest BCUT2D eigenvalue weighted by atomic mass is 19.3. The van der Waals surface area contributed by atoms with Gasteiger partial charge in [-0.05, 0) is 24.7 Å². The van der Waals surface area contributed by atoms with E-state index in [1.807, 2.05) is 18.1 Å². The lowest BCUT2D eigenvalue weighted by Crippen LogP contribution is -2.24. The summed E-state index contributed by atoms with van der Waals surface area (Å²) in [6.45, 7) is -1.45. The minimum Gasteiger partial charge on any atom is -0.435 e. The maximum atomic E-state index is 12.1. The average molecular weight is 335 g/mol. The molecule has 2 rings (SSSR count). The largest absolute Gasteiger partial charge is 0.435 e. The number of likely N-dealkylation sites (N-methyl/N-ethyl adjacent to an activating group) is 1. The highest BCUT2D eigenvalue weighted by molar-refractivity contribution is 5.28. The van der Waals surface area contributed by atoms with Gasteiger partial charge in [0.1, 0.15) is 12.3 Å². The number of benzene rings is 1. The van der Waals surface area contributed by atoms with Crippen LogP contribution in [0.4, 0.5) is 8.78 Å². The molecular weight excluding hydrogens is 316 g/mol. The van der Waals surface area contributed by atoms with E-state index in [4.69, 9.17) is 6.42 Å². The van der Waals surface area contributed by atoms with Gasteiger partial charge in [0.05, 0.1) is 12.3 Å². The van der Waals surface area contributed by atoms with Crippen LogP contribution < -0.4 is 4.74 Å². The summed E-state index contributed by atoms with van der Waals surface area (Å²) in [6, 6.07) is 5.96.